The Balaban J connectivity index is 2.30. The molecule has 2 rings (SSSR count). The Bertz CT molecular complexity index is 869. The van der Waals surface area contributed by atoms with Crippen molar-refractivity contribution in [3.63, 3.8) is 0 Å². The zero-order valence-corrected chi connectivity index (χ0v) is 15.6. The van der Waals surface area contributed by atoms with Crippen molar-refractivity contribution >= 4 is 17.7 Å². The maximum Gasteiger partial charge on any atom is 0.266 e. The second-order valence-electron chi connectivity index (χ2n) is 5.58. The molecule has 1 amide bonds. The van der Waals surface area contributed by atoms with E-state index in [-0.39, 0.29) is 5.57 Å². The molecule has 27 heavy (non-hydrogen) atoms. The van der Waals surface area contributed by atoms with Crippen LogP contribution in [0.3, 0.4) is 0 Å². The maximum absolute atomic E-state index is 12.6. The van der Waals surface area contributed by atoms with E-state index in [1.807, 2.05) is 25.1 Å². The predicted octanol–water partition coefficient (Wildman–Crippen LogP) is 4.04. The molecule has 6 nitrogen and oxygen atoms in total. The molecule has 0 heterocycles. The molecule has 0 unspecified atom stereocenters. The number of ether oxygens (including phenoxy) is 3. The van der Waals surface area contributed by atoms with Crippen LogP contribution in [-0.2, 0) is 4.79 Å². The summed E-state index contributed by atoms with van der Waals surface area (Å²) in [4.78, 5) is 12.6. The van der Waals surface area contributed by atoms with Gasteiger partial charge >= 0.3 is 0 Å². The molecule has 0 bridgehead atoms. The van der Waals surface area contributed by atoms with Gasteiger partial charge in [0, 0.05) is 11.6 Å². The Morgan fingerprint density at radius 2 is 1.93 bits per heavy atom. The summed E-state index contributed by atoms with van der Waals surface area (Å²) in [6.45, 7) is 2.56. The zero-order valence-electron chi connectivity index (χ0n) is 15.6. The smallest absolute Gasteiger partial charge is 0.266 e. The molecule has 0 aliphatic carbocycles. The predicted molar refractivity (Wildman–Crippen MR) is 104 cm³/mol. The number of hydrogen-bond acceptors (Lipinski definition) is 5. The van der Waals surface area contributed by atoms with E-state index in [4.69, 9.17) is 14.2 Å². The minimum Gasteiger partial charge on any atom is -0.497 e. The summed E-state index contributed by atoms with van der Waals surface area (Å²) < 4.78 is 16.1. The minimum absolute atomic E-state index is 0.0487. The van der Waals surface area contributed by atoms with Crippen LogP contribution in [0.4, 0.5) is 5.69 Å². The number of carbonyl (C=O) groups excluding carboxylic acids is 1. The first kappa shape index (κ1) is 19.9. The van der Waals surface area contributed by atoms with Crippen LogP contribution in [0.5, 0.6) is 17.2 Å². The van der Waals surface area contributed by atoms with Gasteiger partial charge in [0.25, 0.3) is 5.91 Å². The van der Waals surface area contributed by atoms with E-state index in [0.29, 0.717) is 35.1 Å². The number of amides is 1. The Morgan fingerprint density at radius 1 is 1.15 bits per heavy atom. The van der Waals surface area contributed by atoms with E-state index in [2.05, 4.69) is 5.32 Å². The van der Waals surface area contributed by atoms with E-state index >= 15 is 0 Å². The standard InChI is InChI=1S/C21H22N2O4/c1-4-11-27-19-8-6-5-7-15(19)12-16(14-22)21(24)23-18-13-17(25-2)9-10-20(18)26-3/h5-10,12-13H,4,11H2,1-3H3,(H,23,24)/b16-12+. The number of nitrogens with zero attached hydrogens (tertiary/aromatic N) is 1. The van der Waals surface area contributed by atoms with Crippen molar-refractivity contribution in [1.82, 2.24) is 0 Å². The number of hydrogen-bond donors (Lipinski definition) is 1. The van der Waals surface area contributed by atoms with Gasteiger partial charge in [-0.05, 0) is 30.7 Å². The second kappa shape index (κ2) is 9.88. The highest BCUT2D eigenvalue weighted by atomic mass is 16.5. The monoisotopic (exact) mass is 366 g/mol. The normalized spacial score (nSPS) is 10.7. The first-order valence-electron chi connectivity index (χ1n) is 8.50. The van der Waals surface area contributed by atoms with Crippen molar-refractivity contribution in [3.05, 3.63) is 53.6 Å². The molecule has 0 saturated heterocycles. The van der Waals surface area contributed by atoms with Gasteiger partial charge < -0.3 is 19.5 Å². The Morgan fingerprint density at radius 3 is 2.59 bits per heavy atom. The maximum atomic E-state index is 12.6. The van der Waals surface area contributed by atoms with E-state index < -0.39 is 5.91 Å². The van der Waals surface area contributed by atoms with E-state index in [9.17, 15) is 10.1 Å². The number of nitriles is 1. The van der Waals surface area contributed by atoms with Gasteiger partial charge in [-0.1, -0.05) is 25.1 Å². The van der Waals surface area contributed by atoms with Crippen molar-refractivity contribution in [2.45, 2.75) is 13.3 Å². The number of benzene rings is 2. The summed E-state index contributed by atoms with van der Waals surface area (Å²) in [6.07, 6.45) is 2.37. The number of para-hydroxylation sites is 1. The number of nitrogens with one attached hydrogen (secondary N) is 1. The lowest BCUT2D eigenvalue weighted by Crippen LogP contribution is -2.14. The fourth-order valence-corrected chi connectivity index (χ4v) is 2.35. The van der Waals surface area contributed by atoms with Gasteiger partial charge in [-0.25, -0.2) is 0 Å². The summed E-state index contributed by atoms with van der Waals surface area (Å²) in [6, 6.07) is 14.2. The number of anilines is 1. The highest BCUT2D eigenvalue weighted by molar-refractivity contribution is 6.10. The van der Waals surface area contributed by atoms with E-state index in [1.54, 1.807) is 30.3 Å². The SMILES string of the molecule is CCCOc1ccccc1/C=C(\C#N)C(=O)Nc1cc(OC)ccc1OC. The first-order valence-corrected chi connectivity index (χ1v) is 8.50. The summed E-state index contributed by atoms with van der Waals surface area (Å²) in [5, 5.41) is 12.1. The van der Waals surface area contributed by atoms with Crippen LogP contribution in [0.2, 0.25) is 0 Å². The summed E-state index contributed by atoms with van der Waals surface area (Å²) >= 11 is 0. The van der Waals surface area contributed by atoms with Gasteiger partial charge in [0.15, 0.2) is 0 Å². The summed E-state index contributed by atoms with van der Waals surface area (Å²) in [5.41, 5.74) is 1.03. The van der Waals surface area contributed by atoms with Crippen LogP contribution in [0.25, 0.3) is 6.08 Å². The third-order valence-corrected chi connectivity index (χ3v) is 3.70. The van der Waals surface area contributed by atoms with Gasteiger partial charge in [0.1, 0.15) is 28.9 Å². The quantitative estimate of drug-likeness (QED) is 0.563. The van der Waals surface area contributed by atoms with Crippen LogP contribution < -0.4 is 19.5 Å². The molecule has 140 valence electrons. The second-order valence-corrected chi connectivity index (χ2v) is 5.58. The molecule has 0 spiro atoms. The first-order chi connectivity index (χ1) is 13.1. The lowest BCUT2D eigenvalue weighted by atomic mass is 10.1. The van der Waals surface area contributed by atoms with Gasteiger partial charge in [-0.2, -0.15) is 5.26 Å². The molecule has 0 aliphatic rings. The van der Waals surface area contributed by atoms with Crippen LogP contribution in [-0.4, -0.2) is 26.7 Å². The molecule has 0 saturated carbocycles. The van der Waals surface area contributed by atoms with Crippen molar-refractivity contribution < 1.29 is 19.0 Å². The average molecular weight is 366 g/mol. The molecule has 0 aromatic heterocycles. The van der Waals surface area contributed by atoms with Crippen LogP contribution in [0, 0.1) is 11.3 Å². The molecule has 0 fully saturated rings. The molecule has 0 radical (unpaired) electrons. The molecule has 0 atom stereocenters. The zero-order chi connectivity index (χ0) is 19.6. The van der Waals surface area contributed by atoms with Gasteiger partial charge in [0.2, 0.25) is 0 Å². The van der Waals surface area contributed by atoms with Crippen LogP contribution in [0.15, 0.2) is 48.0 Å². The highest BCUT2D eigenvalue weighted by Crippen LogP contribution is 2.29. The number of methoxy groups -OCH3 is 2. The van der Waals surface area contributed by atoms with Crippen molar-refractivity contribution in [1.29, 1.82) is 5.26 Å². The Labute approximate surface area is 159 Å². The van der Waals surface area contributed by atoms with Gasteiger partial charge in [-0.3, -0.25) is 4.79 Å². The third kappa shape index (κ3) is 5.25. The molecule has 2 aromatic rings. The summed E-state index contributed by atoms with van der Waals surface area (Å²) in [5.74, 6) is 1.10. The molecule has 6 heteroatoms. The van der Waals surface area contributed by atoms with Crippen molar-refractivity contribution in [2.75, 3.05) is 26.1 Å². The van der Waals surface area contributed by atoms with Gasteiger partial charge in [-0.15, -0.1) is 0 Å². The Hall–Kier alpha value is -3.46. The van der Waals surface area contributed by atoms with Crippen LogP contribution in [0.1, 0.15) is 18.9 Å². The van der Waals surface area contributed by atoms with Crippen LogP contribution >= 0.6 is 0 Å². The topological polar surface area (TPSA) is 80.6 Å². The molecular formula is C21H22N2O4. The number of carbonyl (C=O) groups is 1. The molecule has 2 aromatic carbocycles. The van der Waals surface area contributed by atoms with Gasteiger partial charge in [0.05, 0.1) is 26.5 Å². The lowest BCUT2D eigenvalue weighted by molar-refractivity contribution is -0.112. The highest BCUT2D eigenvalue weighted by Gasteiger charge is 2.14. The third-order valence-electron chi connectivity index (χ3n) is 3.70. The molecule has 1 N–H and O–H groups in total. The lowest BCUT2D eigenvalue weighted by Gasteiger charge is -2.12. The van der Waals surface area contributed by atoms with E-state index in [0.717, 1.165) is 6.42 Å². The molecular weight excluding hydrogens is 344 g/mol. The largest absolute Gasteiger partial charge is 0.497 e. The molecule has 0 aliphatic heterocycles. The fourth-order valence-electron chi connectivity index (χ4n) is 2.35. The fraction of sp³-hybridized carbons (Fsp3) is 0.238. The van der Waals surface area contributed by atoms with Crippen molar-refractivity contribution in [2.24, 2.45) is 0 Å². The van der Waals surface area contributed by atoms with E-state index in [1.165, 1.54) is 20.3 Å². The summed E-state index contributed by atoms with van der Waals surface area (Å²) in [7, 11) is 3.03. The average Bonchev–Trinajstić information content (AvgIpc) is 2.70. The minimum atomic E-state index is -0.547. The number of rotatable bonds is 8. The van der Waals surface area contributed by atoms with Crippen molar-refractivity contribution in [3.8, 4) is 23.3 Å². The Kier molecular flexibility index (Phi) is 7.26.